The first-order valence-electron chi connectivity index (χ1n) is 4.96. The fraction of sp³-hybridized carbons (Fsp3) is 0.231. The van der Waals surface area contributed by atoms with Crippen molar-refractivity contribution in [2.75, 3.05) is 0 Å². The Balaban J connectivity index is 3.11. The van der Waals surface area contributed by atoms with Crippen LogP contribution in [0, 0.1) is 13.8 Å². The Hall–Kier alpha value is -1.90. The number of aryl methyl sites for hydroxylation is 2. The first-order chi connectivity index (χ1) is 7.54. The van der Waals surface area contributed by atoms with Crippen molar-refractivity contribution in [2.24, 2.45) is 0 Å². The number of esters is 1. The van der Waals surface area contributed by atoms with E-state index in [2.05, 4.69) is 0 Å². The summed E-state index contributed by atoms with van der Waals surface area (Å²) in [7, 11) is 0. The standard InChI is InChI=1S/C13H14O3/c1-9-7-12(5-4-6-14)8-10(2)13(9)16-11(3)15/h4-8H,1-3H3. The molecule has 1 aromatic carbocycles. The molecule has 0 bridgehead atoms. The smallest absolute Gasteiger partial charge is 0.308 e. The zero-order valence-electron chi connectivity index (χ0n) is 9.61. The van der Waals surface area contributed by atoms with Gasteiger partial charge in [0.1, 0.15) is 12.0 Å². The summed E-state index contributed by atoms with van der Waals surface area (Å²) in [4.78, 5) is 21.1. The van der Waals surface area contributed by atoms with E-state index < -0.39 is 0 Å². The molecule has 0 N–H and O–H groups in total. The Bertz CT molecular complexity index is 421. The number of hydrogen-bond donors (Lipinski definition) is 0. The van der Waals surface area contributed by atoms with Gasteiger partial charge in [0.2, 0.25) is 0 Å². The molecule has 0 fully saturated rings. The number of hydrogen-bond acceptors (Lipinski definition) is 3. The van der Waals surface area contributed by atoms with Crippen LogP contribution in [0.3, 0.4) is 0 Å². The fourth-order valence-electron chi connectivity index (χ4n) is 1.54. The molecule has 16 heavy (non-hydrogen) atoms. The van der Waals surface area contributed by atoms with Gasteiger partial charge in [-0.2, -0.15) is 0 Å². The van der Waals surface area contributed by atoms with Crippen molar-refractivity contribution in [3.05, 3.63) is 34.9 Å². The van der Waals surface area contributed by atoms with Crippen LogP contribution in [0.5, 0.6) is 5.75 Å². The van der Waals surface area contributed by atoms with Crippen LogP contribution in [-0.4, -0.2) is 12.3 Å². The summed E-state index contributed by atoms with van der Waals surface area (Å²) in [6.07, 6.45) is 3.87. The van der Waals surface area contributed by atoms with Crippen molar-refractivity contribution in [1.29, 1.82) is 0 Å². The minimum absolute atomic E-state index is 0.331. The Kier molecular flexibility index (Phi) is 4.00. The molecular weight excluding hydrogens is 204 g/mol. The maximum atomic E-state index is 10.9. The molecule has 0 unspecified atom stereocenters. The molecule has 3 nitrogen and oxygen atoms in total. The van der Waals surface area contributed by atoms with Gasteiger partial charge in [-0.05, 0) is 48.7 Å². The van der Waals surface area contributed by atoms with Gasteiger partial charge in [0.25, 0.3) is 0 Å². The van der Waals surface area contributed by atoms with Crippen molar-refractivity contribution < 1.29 is 14.3 Å². The molecule has 1 rings (SSSR count). The maximum absolute atomic E-state index is 10.9. The summed E-state index contributed by atoms with van der Waals surface area (Å²) >= 11 is 0. The van der Waals surface area contributed by atoms with Crippen molar-refractivity contribution >= 4 is 18.3 Å². The van der Waals surface area contributed by atoms with Gasteiger partial charge in [-0.25, -0.2) is 0 Å². The molecule has 3 heteroatoms. The second-order valence-corrected chi connectivity index (χ2v) is 3.57. The van der Waals surface area contributed by atoms with Crippen LogP contribution in [0.25, 0.3) is 6.08 Å². The highest BCUT2D eigenvalue weighted by Crippen LogP contribution is 2.25. The highest BCUT2D eigenvalue weighted by atomic mass is 16.5. The summed E-state index contributed by atoms with van der Waals surface area (Å²) in [5, 5.41) is 0. The van der Waals surface area contributed by atoms with Crippen LogP contribution in [0.2, 0.25) is 0 Å². The number of allylic oxidation sites excluding steroid dienone is 1. The van der Waals surface area contributed by atoms with Crippen molar-refractivity contribution in [2.45, 2.75) is 20.8 Å². The maximum Gasteiger partial charge on any atom is 0.308 e. The Morgan fingerprint density at radius 1 is 1.25 bits per heavy atom. The molecule has 0 saturated carbocycles. The van der Waals surface area contributed by atoms with Gasteiger partial charge in [0, 0.05) is 6.92 Å². The van der Waals surface area contributed by atoms with E-state index in [1.165, 1.54) is 13.0 Å². The lowest BCUT2D eigenvalue weighted by atomic mass is 10.1. The molecule has 0 radical (unpaired) electrons. The number of benzene rings is 1. The highest BCUT2D eigenvalue weighted by molar-refractivity contribution is 5.75. The second-order valence-electron chi connectivity index (χ2n) is 3.57. The first-order valence-corrected chi connectivity index (χ1v) is 4.96. The summed E-state index contributed by atoms with van der Waals surface area (Å²) in [5.41, 5.74) is 2.67. The summed E-state index contributed by atoms with van der Waals surface area (Å²) in [6, 6.07) is 3.73. The van der Waals surface area contributed by atoms with E-state index in [0.717, 1.165) is 23.0 Å². The molecular formula is C13H14O3. The molecule has 0 heterocycles. The minimum Gasteiger partial charge on any atom is -0.426 e. The van der Waals surface area contributed by atoms with Crippen molar-refractivity contribution in [3.63, 3.8) is 0 Å². The lowest BCUT2D eigenvalue weighted by Crippen LogP contribution is -2.04. The third-order valence-corrected chi connectivity index (χ3v) is 2.10. The average molecular weight is 218 g/mol. The molecule has 1 aromatic rings. The van der Waals surface area contributed by atoms with E-state index in [-0.39, 0.29) is 5.97 Å². The van der Waals surface area contributed by atoms with Crippen molar-refractivity contribution in [1.82, 2.24) is 0 Å². The minimum atomic E-state index is -0.331. The third kappa shape index (κ3) is 3.05. The lowest BCUT2D eigenvalue weighted by Gasteiger charge is -2.10. The lowest BCUT2D eigenvalue weighted by molar-refractivity contribution is -0.132. The number of aldehydes is 1. The largest absolute Gasteiger partial charge is 0.426 e. The van der Waals surface area contributed by atoms with E-state index in [9.17, 15) is 9.59 Å². The van der Waals surface area contributed by atoms with E-state index in [1.807, 2.05) is 26.0 Å². The second kappa shape index (κ2) is 5.26. The quantitative estimate of drug-likeness (QED) is 0.339. The van der Waals surface area contributed by atoms with Crippen LogP contribution >= 0.6 is 0 Å². The SMILES string of the molecule is CC(=O)Oc1c(C)cc(C=CC=O)cc1C. The first kappa shape index (κ1) is 12.2. The zero-order chi connectivity index (χ0) is 12.1. The molecule has 0 aromatic heterocycles. The van der Waals surface area contributed by atoms with E-state index in [4.69, 9.17) is 4.74 Å². The van der Waals surface area contributed by atoms with Crippen LogP contribution in [0.4, 0.5) is 0 Å². The predicted molar refractivity (Wildman–Crippen MR) is 62.3 cm³/mol. The van der Waals surface area contributed by atoms with Gasteiger partial charge in [-0.15, -0.1) is 0 Å². The summed E-state index contributed by atoms with van der Waals surface area (Å²) < 4.78 is 5.10. The molecule has 0 aliphatic carbocycles. The Labute approximate surface area is 94.7 Å². The van der Waals surface area contributed by atoms with E-state index >= 15 is 0 Å². The number of carbonyl (C=O) groups is 2. The van der Waals surface area contributed by atoms with Gasteiger partial charge < -0.3 is 4.74 Å². The fourth-order valence-corrected chi connectivity index (χ4v) is 1.54. The predicted octanol–water partition coefficient (Wildman–Crippen LogP) is 2.44. The normalized spacial score (nSPS) is 10.4. The topological polar surface area (TPSA) is 43.4 Å². The number of ether oxygens (including phenoxy) is 1. The van der Waals surface area contributed by atoms with Gasteiger partial charge >= 0.3 is 5.97 Å². The van der Waals surface area contributed by atoms with Crippen LogP contribution in [-0.2, 0) is 9.59 Å². The molecule has 0 spiro atoms. The van der Waals surface area contributed by atoms with E-state index in [1.54, 1.807) is 6.08 Å². The van der Waals surface area contributed by atoms with Crippen LogP contribution < -0.4 is 4.74 Å². The molecule has 0 saturated heterocycles. The summed E-state index contributed by atoms with van der Waals surface area (Å²) in [6.45, 7) is 5.10. The van der Waals surface area contributed by atoms with Gasteiger partial charge in [0.05, 0.1) is 0 Å². The number of carbonyl (C=O) groups excluding carboxylic acids is 2. The van der Waals surface area contributed by atoms with Gasteiger partial charge in [0.15, 0.2) is 0 Å². The molecule has 0 aliphatic rings. The molecule has 0 amide bonds. The monoisotopic (exact) mass is 218 g/mol. The van der Waals surface area contributed by atoms with Gasteiger partial charge in [-0.3, -0.25) is 9.59 Å². The van der Waals surface area contributed by atoms with Crippen LogP contribution in [0.15, 0.2) is 18.2 Å². The highest BCUT2D eigenvalue weighted by Gasteiger charge is 2.07. The van der Waals surface area contributed by atoms with Gasteiger partial charge in [-0.1, -0.05) is 6.08 Å². The van der Waals surface area contributed by atoms with E-state index in [0.29, 0.717) is 5.75 Å². The Morgan fingerprint density at radius 2 is 1.81 bits per heavy atom. The zero-order valence-corrected chi connectivity index (χ0v) is 9.61. The Morgan fingerprint density at radius 3 is 2.25 bits per heavy atom. The number of rotatable bonds is 3. The van der Waals surface area contributed by atoms with Crippen LogP contribution in [0.1, 0.15) is 23.6 Å². The molecule has 0 aliphatic heterocycles. The molecule has 0 atom stereocenters. The third-order valence-electron chi connectivity index (χ3n) is 2.10. The average Bonchev–Trinajstić information content (AvgIpc) is 2.20. The van der Waals surface area contributed by atoms with Crippen molar-refractivity contribution in [3.8, 4) is 5.75 Å². The molecule has 84 valence electrons. The summed E-state index contributed by atoms with van der Waals surface area (Å²) in [5.74, 6) is 0.262.